The first-order chi connectivity index (χ1) is 12.2. The van der Waals surface area contributed by atoms with E-state index in [1.165, 1.54) is 0 Å². The molecule has 132 valence electrons. The van der Waals surface area contributed by atoms with Crippen molar-refractivity contribution in [3.8, 4) is 5.75 Å². The maximum atomic E-state index is 12.1. The minimum absolute atomic E-state index is 0.0472. The van der Waals surface area contributed by atoms with Crippen LogP contribution in [0.2, 0.25) is 0 Å². The summed E-state index contributed by atoms with van der Waals surface area (Å²) < 4.78 is 10.3. The third-order valence-electron chi connectivity index (χ3n) is 3.53. The molecular weight excluding hydrogens is 320 g/mol. The average molecular weight is 342 g/mol. The van der Waals surface area contributed by atoms with Crippen LogP contribution in [0.25, 0.3) is 0 Å². The molecule has 0 atom stereocenters. The number of benzene rings is 2. The summed E-state index contributed by atoms with van der Waals surface area (Å²) in [6.07, 6.45) is 0. The number of carbonyl (C=O) groups excluding carboxylic acids is 2. The van der Waals surface area contributed by atoms with Gasteiger partial charge in [0.25, 0.3) is 0 Å². The molecule has 0 aromatic heterocycles. The van der Waals surface area contributed by atoms with Gasteiger partial charge in [-0.15, -0.1) is 0 Å². The van der Waals surface area contributed by atoms with Gasteiger partial charge >= 0.3 is 5.97 Å². The van der Waals surface area contributed by atoms with E-state index in [-0.39, 0.29) is 12.5 Å². The summed E-state index contributed by atoms with van der Waals surface area (Å²) in [4.78, 5) is 24.0. The molecule has 0 saturated carbocycles. The number of methoxy groups -OCH3 is 1. The van der Waals surface area contributed by atoms with E-state index in [0.717, 1.165) is 11.3 Å². The number of carbonyl (C=O) groups is 2. The third kappa shape index (κ3) is 5.24. The molecule has 2 aromatic rings. The Labute approximate surface area is 147 Å². The van der Waals surface area contributed by atoms with Crippen molar-refractivity contribution in [1.29, 1.82) is 0 Å². The second-order valence-corrected chi connectivity index (χ2v) is 5.21. The molecule has 0 aliphatic carbocycles. The lowest BCUT2D eigenvalue weighted by Crippen LogP contribution is -2.30. The second-order valence-electron chi connectivity index (χ2n) is 5.21. The first-order valence-electron chi connectivity index (χ1n) is 8.04. The van der Waals surface area contributed by atoms with Crippen LogP contribution in [0.15, 0.2) is 48.5 Å². The van der Waals surface area contributed by atoms with E-state index < -0.39 is 5.97 Å². The molecule has 0 unspecified atom stereocenters. The van der Waals surface area contributed by atoms with Crippen LogP contribution in [0.3, 0.4) is 0 Å². The summed E-state index contributed by atoms with van der Waals surface area (Å²) in [5.41, 5.74) is 1.86. The van der Waals surface area contributed by atoms with Crippen LogP contribution >= 0.6 is 0 Å². The summed E-state index contributed by atoms with van der Waals surface area (Å²) in [7, 11) is 1.59. The van der Waals surface area contributed by atoms with Gasteiger partial charge in [0.05, 0.1) is 25.8 Å². The lowest BCUT2D eigenvalue weighted by Gasteiger charge is -2.12. The quantitative estimate of drug-likeness (QED) is 0.721. The van der Waals surface area contributed by atoms with E-state index in [4.69, 9.17) is 9.47 Å². The zero-order chi connectivity index (χ0) is 18.1. The van der Waals surface area contributed by atoms with Crippen LogP contribution in [-0.2, 0) is 16.1 Å². The molecule has 2 aromatic carbocycles. The summed E-state index contributed by atoms with van der Waals surface area (Å²) >= 11 is 0. The van der Waals surface area contributed by atoms with Crippen molar-refractivity contribution in [2.45, 2.75) is 13.5 Å². The minimum Gasteiger partial charge on any atom is -0.496 e. The normalized spacial score (nSPS) is 10.0. The third-order valence-corrected chi connectivity index (χ3v) is 3.53. The van der Waals surface area contributed by atoms with E-state index >= 15 is 0 Å². The van der Waals surface area contributed by atoms with Crippen molar-refractivity contribution in [3.63, 3.8) is 0 Å². The topological polar surface area (TPSA) is 76.7 Å². The fourth-order valence-corrected chi connectivity index (χ4v) is 2.30. The van der Waals surface area contributed by atoms with Gasteiger partial charge in [-0.1, -0.05) is 30.3 Å². The molecule has 0 aliphatic heterocycles. The van der Waals surface area contributed by atoms with E-state index in [2.05, 4.69) is 10.6 Å². The van der Waals surface area contributed by atoms with Crippen molar-refractivity contribution in [2.24, 2.45) is 0 Å². The molecule has 0 radical (unpaired) electrons. The largest absolute Gasteiger partial charge is 0.496 e. The Balaban J connectivity index is 1.91. The highest BCUT2D eigenvalue weighted by Crippen LogP contribution is 2.17. The zero-order valence-corrected chi connectivity index (χ0v) is 14.4. The summed E-state index contributed by atoms with van der Waals surface area (Å²) in [5.74, 6) is 0.119. The van der Waals surface area contributed by atoms with E-state index in [1.54, 1.807) is 38.3 Å². The van der Waals surface area contributed by atoms with Crippen LogP contribution in [0.4, 0.5) is 5.69 Å². The van der Waals surface area contributed by atoms with Gasteiger partial charge in [0.2, 0.25) is 5.91 Å². The number of hydrogen-bond donors (Lipinski definition) is 2. The molecule has 0 saturated heterocycles. The van der Waals surface area contributed by atoms with Gasteiger partial charge in [-0.25, -0.2) is 4.79 Å². The van der Waals surface area contributed by atoms with Crippen molar-refractivity contribution in [3.05, 3.63) is 59.7 Å². The van der Waals surface area contributed by atoms with Gasteiger partial charge in [-0.05, 0) is 25.1 Å². The highest BCUT2D eigenvalue weighted by Gasteiger charge is 2.12. The monoisotopic (exact) mass is 342 g/mol. The molecule has 2 rings (SSSR count). The van der Waals surface area contributed by atoms with Gasteiger partial charge in [0.15, 0.2) is 0 Å². The summed E-state index contributed by atoms with van der Waals surface area (Å²) in [5, 5.41) is 5.79. The van der Waals surface area contributed by atoms with E-state index in [0.29, 0.717) is 24.4 Å². The standard InChI is InChI=1S/C19H22N2O4/c1-3-25-19(23)15-9-5-6-10-16(15)20-13-18(22)21-12-14-8-4-7-11-17(14)24-2/h4-11,20H,3,12-13H2,1-2H3,(H,21,22). The Morgan fingerprint density at radius 1 is 1.04 bits per heavy atom. The van der Waals surface area contributed by atoms with Crippen molar-refractivity contribution in [1.82, 2.24) is 5.32 Å². The molecule has 0 fully saturated rings. The number of anilines is 1. The maximum absolute atomic E-state index is 12.1. The number of nitrogens with one attached hydrogen (secondary N) is 2. The van der Waals surface area contributed by atoms with Crippen LogP contribution in [0, 0.1) is 0 Å². The lowest BCUT2D eigenvalue weighted by molar-refractivity contribution is -0.119. The maximum Gasteiger partial charge on any atom is 0.340 e. The number of rotatable bonds is 8. The molecule has 6 heteroatoms. The molecule has 6 nitrogen and oxygen atoms in total. The van der Waals surface area contributed by atoms with Crippen LogP contribution in [0.5, 0.6) is 5.75 Å². The average Bonchev–Trinajstić information content (AvgIpc) is 2.65. The Bertz CT molecular complexity index is 731. The minimum atomic E-state index is -0.417. The predicted octanol–water partition coefficient (Wildman–Crippen LogP) is 2.60. The first kappa shape index (κ1) is 18.3. The Morgan fingerprint density at radius 3 is 2.52 bits per heavy atom. The second kappa shape index (κ2) is 9.32. The number of para-hydroxylation sites is 2. The molecular formula is C19H22N2O4. The molecule has 25 heavy (non-hydrogen) atoms. The molecule has 0 aliphatic rings. The smallest absolute Gasteiger partial charge is 0.340 e. The molecule has 0 heterocycles. The van der Waals surface area contributed by atoms with Crippen molar-refractivity contribution < 1.29 is 19.1 Å². The SMILES string of the molecule is CCOC(=O)c1ccccc1NCC(=O)NCc1ccccc1OC. The van der Waals surface area contributed by atoms with Crippen molar-refractivity contribution >= 4 is 17.6 Å². The Hall–Kier alpha value is -3.02. The zero-order valence-electron chi connectivity index (χ0n) is 14.4. The first-order valence-corrected chi connectivity index (χ1v) is 8.04. The predicted molar refractivity (Wildman–Crippen MR) is 95.7 cm³/mol. The molecule has 2 N–H and O–H groups in total. The fraction of sp³-hybridized carbons (Fsp3) is 0.263. The van der Waals surface area contributed by atoms with Gasteiger partial charge in [-0.3, -0.25) is 4.79 Å². The lowest BCUT2D eigenvalue weighted by atomic mass is 10.2. The highest BCUT2D eigenvalue weighted by molar-refractivity contribution is 5.96. The number of amides is 1. The molecule has 0 bridgehead atoms. The number of ether oxygens (including phenoxy) is 2. The van der Waals surface area contributed by atoms with Crippen LogP contribution in [-0.4, -0.2) is 32.1 Å². The van der Waals surface area contributed by atoms with Gasteiger partial charge < -0.3 is 20.1 Å². The van der Waals surface area contributed by atoms with Gasteiger partial charge in [0.1, 0.15) is 5.75 Å². The number of esters is 1. The molecule has 1 amide bonds. The van der Waals surface area contributed by atoms with E-state index in [1.807, 2.05) is 24.3 Å². The van der Waals surface area contributed by atoms with Crippen molar-refractivity contribution in [2.75, 3.05) is 25.6 Å². The van der Waals surface area contributed by atoms with Crippen LogP contribution < -0.4 is 15.4 Å². The van der Waals surface area contributed by atoms with E-state index in [9.17, 15) is 9.59 Å². The fourth-order valence-electron chi connectivity index (χ4n) is 2.30. The highest BCUT2D eigenvalue weighted by atomic mass is 16.5. The summed E-state index contributed by atoms with van der Waals surface area (Å²) in [6, 6.07) is 14.4. The molecule has 0 spiro atoms. The Kier molecular flexibility index (Phi) is 6.83. The number of hydrogen-bond acceptors (Lipinski definition) is 5. The van der Waals surface area contributed by atoms with Gasteiger partial charge in [0, 0.05) is 17.8 Å². The van der Waals surface area contributed by atoms with Gasteiger partial charge in [-0.2, -0.15) is 0 Å². The summed E-state index contributed by atoms with van der Waals surface area (Å²) in [6.45, 7) is 2.46. The van der Waals surface area contributed by atoms with Crippen LogP contribution in [0.1, 0.15) is 22.8 Å². The Morgan fingerprint density at radius 2 is 1.76 bits per heavy atom.